The minimum absolute atomic E-state index is 0.0241. The first-order valence-electron chi connectivity index (χ1n) is 7.77. The van der Waals surface area contributed by atoms with Crippen molar-refractivity contribution < 1.29 is 4.79 Å². The fourth-order valence-corrected chi connectivity index (χ4v) is 3.93. The highest BCUT2D eigenvalue weighted by atomic mass is 32.2. The van der Waals surface area contributed by atoms with E-state index in [9.17, 15) is 4.79 Å². The Kier molecular flexibility index (Phi) is 5.45. The number of hydrogen-bond acceptors (Lipinski definition) is 6. The van der Waals surface area contributed by atoms with E-state index >= 15 is 0 Å². The Morgan fingerprint density at radius 3 is 2.48 bits per heavy atom. The Morgan fingerprint density at radius 2 is 1.88 bits per heavy atom. The molecule has 5 nitrogen and oxygen atoms in total. The normalized spacial score (nSPS) is 10.7. The van der Waals surface area contributed by atoms with Gasteiger partial charge in [-0.2, -0.15) is 0 Å². The van der Waals surface area contributed by atoms with Crippen molar-refractivity contribution in [2.24, 2.45) is 0 Å². The number of amides is 1. The molecule has 3 aromatic rings. The van der Waals surface area contributed by atoms with Crippen LogP contribution in [-0.4, -0.2) is 33.9 Å². The summed E-state index contributed by atoms with van der Waals surface area (Å²) in [4.78, 5) is 19.4. The number of nitrogens with zero attached hydrogens (tertiary/aromatic N) is 4. The Morgan fingerprint density at radius 1 is 1.12 bits per heavy atom. The number of hydrogen-bond donors (Lipinski definition) is 0. The first kappa shape index (κ1) is 17.6. The van der Waals surface area contributed by atoms with Gasteiger partial charge in [-0.3, -0.25) is 4.79 Å². The minimum Gasteiger partial charge on any atom is -0.315 e. The number of carbonyl (C=O) groups is 1. The highest BCUT2D eigenvalue weighted by Gasteiger charge is 2.13. The fourth-order valence-electron chi connectivity index (χ4n) is 2.32. The fraction of sp³-hybridized carbons (Fsp3) is 0.222. The molecule has 0 aliphatic carbocycles. The van der Waals surface area contributed by atoms with Gasteiger partial charge in [0.25, 0.3) is 0 Å². The molecule has 0 fully saturated rings. The number of thioether (sulfide) groups is 1. The Hall–Kier alpha value is -2.25. The van der Waals surface area contributed by atoms with Gasteiger partial charge in [-0.25, -0.2) is 4.98 Å². The standard InChI is InChI=1S/C18H18N4OS2/c1-12-18(25-13(2)19-12)15-9-10-16(21-20-15)24-11-17(23)22(3)14-7-5-4-6-8-14/h4-10H,11H2,1-3H3. The Bertz CT molecular complexity index is 863. The largest absolute Gasteiger partial charge is 0.315 e. The monoisotopic (exact) mass is 370 g/mol. The van der Waals surface area contributed by atoms with Crippen molar-refractivity contribution in [2.45, 2.75) is 18.9 Å². The lowest BCUT2D eigenvalue weighted by molar-refractivity contribution is -0.115. The lowest BCUT2D eigenvalue weighted by Crippen LogP contribution is -2.27. The molecule has 0 spiro atoms. The van der Waals surface area contributed by atoms with E-state index in [2.05, 4.69) is 15.2 Å². The second-order valence-corrected chi connectivity index (χ2v) is 7.68. The number of aromatic nitrogens is 3. The van der Waals surface area contributed by atoms with Crippen molar-refractivity contribution in [3.8, 4) is 10.6 Å². The second kappa shape index (κ2) is 7.76. The van der Waals surface area contributed by atoms with Crippen molar-refractivity contribution in [2.75, 3.05) is 17.7 Å². The highest BCUT2D eigenvalue weighted by molar-refractivity contribution is 7.99. The molecule has 7 heteroatoms. The molecular formula is C18H18N4OS2. The summed E-state index contributed by atoms with van der Waals surface area (Å²) < 4.78 is 0. The molecule has 1 aromatic carbocycles. The molecule has 3 rings (SSSR count). The third kappa shape index (κ3) is 4.24. The summed E-state index contributed by atoms with van der Waals surface area (Å²) in [6.07, 6.45) is 0. The van der Waals surface area contributed by atoms with Crippen molar-refractivity contribution in [1.29, 1.82) is 0 Å². The third-order valence-electron chi connectivity index (χ3n) is 3.64. The molecule has 0 aliphatic heterocycles. The van der Waals surface area contributed by atoms with Crippen LogP contribution >= 0.6 is 23.1 Å². The van der Waals surface area contributed by atoms with Crippen molar-refractivity contribution >= 4 is 34.7 Å². The van der Waals surface area contributed by atoms with Gasteiger partial charge in [0.2, 0.25) is 5.91 Å². The van der Waals surface area contributed by atoms with Crippen LogP contribution in [0.4, 0.5) is 5.69 Å². The SMILES string of the molecule is Cc1nc(C)c(-c2ccc(SCC(=O)N(C)c3ccccc3)nn2)s1. The van der Waals surface area contributed by atoms with Gasteiger partial charge in [0, 0.05) is 12.7 Å². The number of anilines is 1. The maximum Gasteiger partial charge on any atom is 0.237 e. The van der Waals surface area contributed by atoms with Gasteiger partial charge < -0.3 is 4.90 Å². The summed E-state index contributed by atoms with van der Waals surface area (Å²) in [5.74, 6) is 0.342. The van der Waals surface area contributed by atoms with Crippen LogP contribution in [0.2, 0.25) is 0 Å². The van der Waals surface area contributed by atoms with Crippen LogP contribution in [-0.2, 0) is 4.79 Å². The molecule has 0 atom stereocenters. The average molecular weight is 371 g/mol. The van der Waals surface area contributed by atoms with Crippen molar-refractivity contribution in [3.05, 3.63) is 53.2 Å². The summed E-state index contributed by atoms with van der Waals surface area (Å²) in [5, 5.41) is 10.3. The van der Waals surface area contributed by atoms with E-state index in [0.29, 0.717) is 5.75 Å². The van der Waals surface area contributed by atoms with E-state index in [4.69, 9.17) is 0 Å². The number of aryl methyl sites for hydroxylation is 2. The zero-order valence-corrected chi connectivity index (χ0v) is 15.9. The predicted molar refractivity (Wildman–Crippen MR) is 103 cm³/mol. The topological polar surface area (TPSA) is 59.0 Å². The summed E-state index contributed by atoms with van der Waals surface area (Å²) in [7, 11) is 1.78. The molecule has 1 amide bonds. The van der Waals surface area contributed by atoms with Crippen molar-refractivity contribution in [1.82, 2.24) is 15.2 Å². The van der Waals surface area contributed by atoms with Gasteiger partial charge in [0.1, 0.15) is 10.7 Å². The summed E-state index contributed by atoms with van der Waals surface area (Å²) in [5.41, 5.74) is 2.67. The van der Waals surface area contributed by atoms with E-state index in [1.54, 1.807) is 23.3 Å². The number of rotatable bonds is 5. The minimum atomic E-state index is 0.0241. The van der Waals surface area contributed by atoms with Gasteiger partial charge in [0.15, 0.2) is 0 Å². The molecule has 0 saturated heterocycles. The maximum absolute atomic E-state index is 12.3. The van der Waals surface area contributed by atoms with Gasteiger partial charge >= 0.3 is 0 Å². The first-order chi connectivity index (χ1) is 12.0. The summed E-state index contributed by atoms with van der Waals surface area (Å²) >= 11 is 3.00. The van der Waals surface area contributed by atoms with E-state index in [-0.39, 0.29) is 5.91 Å². The van der Waals surface area contributed by atoms with Gasteiger partial charge in [0.05, 0.1) is 21.3 Å². The molecule has 0 unspecified atom stereocenters. The molecular weight excluding hydrogens is 352 g/mol. The number of para-hydroxylation sites is 1. The van der Waals surface area contributed by atoms with Gasteiger partial charge in [-0.15, -0.1) is 21.5 Å². The Balaban J connectivity index is 1.62. The smallest absolute Gasteiger partial charge is 0.237 e. The average Bonchev–Trinajstić information content (AvgIpc) is 2.98. The molecule has 25 heavy (non-hydrogen) atoms. The summed E-state index contributed by atoms with van der Waals surface area (Å²) in [6.45, 7) is 3.95. The predicted octanol–water partition coefficient (Wildman–Crippen LogP) is 3.97. The number of thiazole rings is 1. The lowest BCUT2D eigenvalue weighted by Gasteiger charge is -2.16. The van der Waals surface area contributed by atoms with Crippen LogP contribution < -0.4 is 4.90 Å². The zero-order valence-electron chi connectivity index (χ0n) is 14.3. The van der Waals surface area contributed by atoms with Crippen LogP contribution in [0.3, 0.4) is 0 Å². The zero-order chi connectivity index (χ0) is 17.8. The number of benzene rings is 1. The van der Waals surface area contributed by atoms with Crippen LogP contribution in [0.15, 0.2) is 47.5 Å². The van der Waals surface area contributed by atoms with Crippen LogP contribution in [0.25, 0.3) is 10.6 Å². The molecule has 128 valence electrons. The van der Waals surface area contributed by atoms with Crippen molar-refractivity contribution in [3.63, 3.8) is 0 Å². The molecule has 2 aromatic heterocycles. The first-order valence-corrected chi connectivity index (χ1v) is 9.57. The van der Waals surface area contributed by atoms with Crippen LogP contribution in [0.1, 0.15) is 10.7 Å². The van der Waals surface area contributed by atoms with E-state index in [1.165, 1.54) is 11.8 Å². The Labute approximate surface area is 155 Å². The maximum atomic E-state index is 12.3. The van der Waals surface area contributed by atoms with Crippen LogP contribution in [0.5, 0.6) is 0 Å². The molecule has 2 heterocycles. The molecule has 0 N–H and O–H groups in total. The molecule has 0 saturated carbocycles. The molecule has 0 bridgehead atoms. The third-order valence-corrected chi connectivity index (χ3v) is 5.64. The number of carbonyl (C=O) groups excluding carboxylic acids is 1. The highest BCUT2D eigenvalue weighted by Crippen LogP contribution is 2.28. The molecule has 0 radical (unpaired) electrons. The quantitative estimate of drug-likeness (QED) is 0.636. The summed E-state index contributed by atoms with van der Waals surface area (Å²) in [6, 6.07) is 13.4. The molecule has 0 aliphatic rings. The van der Waals surface area contributed by atoms with Crippen LogP contribution in [0, 0.1) is 13.8 Å². The van der Waals surface area contributed by atoms with E-state index in [1.807, 2.05) is 56.3 Å². The van der Waals surface area contributed by atoms with Gasteiger partial charge in [-0.05, 0) is 38.1 Å². The lowest BCUT2D eigenvalue weighted by atomic mass is 10.3. The second-order valence-electron chi connectivity index (χ2n) is 5.48. The van der Waals surface area contributed by atoms with E-state index in [0.717, 1.165) is 32.0 Å². The van der Waals surface area contributed by atoms with E-state index < -0.39 is 0 Å². The van der Waals surface area contributed by atoms with Gasteiger partial charge in [-0.1, -0.05) is 30.0 Å².